The minimum atomic E-state index is -0.453. The summed E-state index contributed by atoms with van der Waals surface area (Å²) in [6, 6.07) is 7.03. The molecule has 1 atom stereocenters. The largest absolute Gasteiger partial charge is 0.392 e. The van der Waals surface area contributed by atoms with Crippen LogP contribution in [0.3, 0.4) is 0 Å². The van der Waals surface area contributed by atoms with Crippen molar-refractivity contribution in [3.63, 3.8) is 0 Å². The first-order valence-electron chi connectivity index (χ1n) is 6.25. The van der Waals surface area contributed by atoms with E-state index in [1.165, 1.54) is 0 Å². The lowest BCUT2D eigenvalue weighted by Gasteiger charge is -2.14. The molecule has 0 aromatic heterocycles. The number of carbonyl (C=O) groups is 1. The first kappa shape index (κ1) is 14.7. The number of nitrogens with two attached hydrogens (primary N) is 1. The molecular formula is C14H22N2O2. The SMILES string of the molecule is CC(C)C[C@@H](N)C(=O)NCc1cccc(CO)c1. The summed E-state index contributed by atoms with van der Waals surface area (Å²) in [4.78, 5) is 11.7. The molecule has 0 aliphatic heterocycles. The zero-order chi connectivity index (χ0) is 13.5. The molecule has 100 valence electrons. The van der Waals surface area contributed by atoms with Crippen molar-refractivity contribution in [2.24, 2.45) is 11.7 Å². The molecule has 0 bridgehead atoms. The maximum Gasteiger partial charge on any atom is 0.237 e. The number of rotatable bonds is 6. The third-order valence-corrected chi connectivity index (χ3v) is 2.70. The molecule has 0 aliphatic rings. The van der Waals surface area contributed by atoms with E-state index < -0.39 is 6.04 Å². The van der Waals surface area contributed by atoms with E-state index >= 15 is 0 Å². The fraction of sp³-hybridized carbons (Fsp3) is 0.500. The van der Waals surface area contributed by atoms with E-state index in [0.29, 0.717) is 18.9 Å². The Morgan fingerprint density at radius 2 is 2.06 bits per heavy atom. The van der Waals surface area contributed by atoms with Gasteiger partial charge in [-0.15, -0.1) is 0 Å². The Bertz CT molecular complexity index is 391. The van der Waals surface area contributed by atoms with Crippen LogP contribution in [-0.2, 0) is 17.9 Å². The molecule has 1 aromatic carbocycles. The number of nitrogens with one attached hydrogen (secondary N) is 1. The van der Waals surface area contributed by atoms with Crippen molar-refractivity contribution in [1.82, 2.24) is 5.32 Å². The number of amides is 1. The highest BCUT2D eigenvalue weighted by Crippen LogP contribution is 2.06. The topological polar surface area (TPSA) is 75.4 Å². The van der Waals surface area contributed by atoms with E-state index in [4.69, 9.17) is 10.8 Å². The molecule has 0 saturated heterocycles. The van der Waals surface area contributed by atoms with Crippen molar-refractivity contribution in [3.8, 4) is 0 Å². The number of hydrogen-bond donors (Lipinski definition) is 3. The summed E-state index contributed by atoms with van der Waals surface area (Å²) in [5.41, 5.74) is 7.59. The second kappa shape index (κ2) is 7.13. The predicted octanol–water partition coefficient (Wildman–Crippen LogP) is 1.17. The Kier molecular flexibility index (Phi) is 5.82. The van der Waals surface area contributed by atoms with Crippen LogP contribution in [0.5, 0.6) is 0 Å². The smallest absolute Gasteiger partial charge is 0.237 e. The summed E-state index contributed by atoms with van der Waals surface area (Å²) in [5, 5.41) is 11.8. The van der Waals surface area contributed by atoms with Crippen LogP contribution in [0.2, 0.25) is 0 Å². The third-order valence-electron chi connectivity index (χ3n) is 2.70. The molecule has 18 heavy (non-hydrogen) atoms. The van der Waals surface area contributed by atoms with Crippen molar-refractivity contribution >= 4 is 5.91 Å². The standard InChI is InChI=1S/C14H22N2O2/c1-10(2)6-13(15)14(18)16-8-11-4-3-5-12(7-11)9-17/h3-5,7,10,13,17H,6,8-9,15H2,1-2H3,(H,16,18)/t13-/m1/s1. The monoisotopic (exact) mass is 250 g/mol. The van der Waals surface area contributed by atoms with Gasteiger partial charge in [0.2, 0.25) is 5.91 Å². The Hall–Kier alpha value is -1.39. The van der Waals surface area contributed by atoms with Gasteiger partial charge in [0.25, 0.3) is 0 Å². The second-order valence-corrected chi connectivity index (χ2v) is 4.93. The number of aliphatic hydroxyl groups excluding tert-OH is 1. The second-order valence-electron chi connectivity index (χ2n) is 4.93. The molecule has 0 aliphatic carbocycles. The molecule has 0 saturated carbocycles. The summed E-state index contributed by atoms with van der Waals surface area (Å²) in [5.74, 6) is 0.279. The van der Waals surface area contributed by atoms with Crippen LogP contribution in [0.1, 0.15) is 31.4 Å². The number of carbonyl (C=O) groups excluding carboxylic acids is 1. The molecule has 0 fully saturated rings. The highest BCUT2D eigenvalue weighted by Gasteiger charge is 2.14. The Morgan fingerprint density at radius 1 is 1.39 bits per heavy atom. The van der Waals surface area contributed by atoms with E-state index in [1.54, 1.807) is 0 Å². The van der Waals surface area contributed by atoms with Crippen LogP contribution < -0.4 is 11.1 Å². The van der Waals surface area contributed by atoms with Gasteiger partial charge in [-0.3, -0.25) is 4.79 Å². The van der Waals surface area contributed by atoms with Gasteiger partial charge in [0.1, 0.15) is 0 Å². The van der Waals surface area contributed by atoms with E-state index in [9.17, 15) is 4.79 Å². The summed E-state index contributed by atoms with van der Waals surface area (Å²) in [6.45, 7) is 4.53. The Labute approximate surface area is 108 Å². The molecule has 4 heteroatoms. The average molecular weight is 250 g/mol. The number of benzene rings is 1. The van der Waals surface area contributed by atoms with Crippen LogP contribution in [-0.4, -0.2) is 17.1 Å². The summed E-state index contributed by atoms with van der Waals surface area (Å²) < 4.78 is 0. The van der Waals surface area contributed by atoms with Gasteiger partial charge in [-0.1, -0.05) is 38.1 Å². The van der Waals surface area contributed by atoms with Crippen molar-refractivity contribution in [3.05, 3.63) is 35.4 Å². The van der Waals surface area contributed by atoms with Gasteiger partial charge in [-0.25, -0.2) is 0 Å². The fourth-order valence-electron chi connectivity index (χ4n) is 1.77. The molecule has 0 radical (unpaired) electrons. The third kappa shape index (κ3) is 4.85. The van der Waals surface area contributed by atoms with Gasteiger partial charge in [-0.05, 0) is 23.5 Å². The lowest BCUT2D eigenvalue weighted by Crippen LogP contribution is -2.41. The van der Waals surface area contributed by atoms with Crippen molar-refractivity contribution in [1.29, 1.82) is 0 Å². The quantitative estimate of drug-likeness (QED) is 0.709. The van der Waals surface area contributed by atoms with Crippen molar-refractivity contribution < 1.29 is 9.90 Å². The van der Waals surface area contributed by atoms with Gasteiger partial charge in [0, 0.05) is 6.54 Å². The van der Waals surface area contributed by atoms with E-state index in [2.05, 4.69) is 5.32 Å². The van der Waals surface area contributed by atoms with E-state index in [1.807, 2.05) is 38.1 Å². The normalized spacial score (nSPS) is 12.5. The minimum Gasteiger partial charge on any atom is -0.392 e. The van der Waals surface area contributed by atoms with E-state index in [-0.39, 0.29) is 12.5 Å². The molecule has 1 amide bonds. The van der Waals surface area contributed by atoms with E-state index in [0.717, 1.165) is 11.1 Å². The van der Waals surface area contributed by atoms with Crippen LogP contribution >= 0.6 is 0 Å². The molecule has 4 nitrogen and oxygen atoms in total. The lowest BCUT2D eigenvalue weighted by molar-refractivity contribution is -0.122. The molecule has 0 heterocycles. The van der Waals surface area contributed by atoms with Crippen molar-refractivity contribution in [2.45, 2.75) is 39.5 Å². The van der Waals surface area contributed by atoms with Gasteiger partial charge in [-0.2, -0.15) is 0 Å². The first-order chi connectivity index (χ1) is 8.52. The maximum absolute atomic E-state index is 11.7. The molecular weight excluding hydrogens is 228 g/mol. The maximum atomic E-state index is 11.7. The Morgan fingerprint density at radius 3 is 2.67 bits per heavy atom. The highest BCUT2D eigenvalue weighted by molar-refractivity contribution is 5.81. The Balaban J connectivity index is 2.46. The van der Waals surface area contributed by atoms with Crippen LogP contribution in [0.25, 0.3) is 0 Å². The van der Waals surface area contributed by atoms with Crippen LogP contribution in [0.4, 0.5) is 0 Å². The summed E-state index contributed by atoms with van der Waals surface area (Å²) in [6.07, 6.45) is 0.683. The zero-order valence-electron chi connectivity index (χ0n) is 11.0. The fourth-order valence-corrected chi connectivity index (χ4v) is 1.77. The zero-order valence-corrected chi connectivity index (χ0v) is 11.0. The number of hydrogen-bond acceptors (Lipinski definition) is 3. The highest BCUT2D eigenvalue weighted by atomic mass is 16.3. The van der Waals surface area contributed by atoms with Gasteiger partial charge >= 0.3 is 0 Å². The van der Waals surface area contributed by atoms with Gasteiger partial charge < -0.3 is 16.2 Å². The lowest BCUT2D eigenvalue weighted by atomic mass is 10.0. The summed E-state index contributed by atoms with van der Waals surface area (Å²) in [7, 11) is 0. The van der Waals surface area contributed by atoms with Gasteiger partial charge in [0.15, 0.2) is 0 Å². The predicted molar refractivity (Wildman–Crippen MR) is 71.6 cm³/mol. The molecule has 4 N–H and O–H groups in total. The molecule has 0 spiro atoms. The first-order valence-corrected chi connectivity index (χ1v) is 6.25. The average Bonchev–Trinajstić information content (AvgIpc) is 2.35. The van der Waals surface area contributed by atoms with Crippen LogP contribution in [0.15, 0.2) is 24.3 Å². The molecule has 1 rings (SSSR count). The minimum absolute atomic E-state index is 0.00858. The molecule has 1 aromatic rings. The van der Waals surface area contributed by atoms with Crippen LogP contribution in [0, 0.1) is 5.92 Å². The van der Waals surface area contributed by atoms with Crippen molar-refractivity contribution in [2.75, 3.05) is 0 Å². The summed E-state index contributed by atoms with van der Waals surface area (Å²) >= 11 is 0. The molecule has 0 unspecified atom stereocenters. The number of aliphatic hydroxyl groups is 1. The van der Waals surface area contributed by atoms with Gasteiger partial charge in [0.05, 0.1) is 12.6 Å².